The van der Waals surface area contributed by atoms with Crippen LogP contribution < -0.4 is 5.32 Å². The second-order valence-electron chi connectivity index (χ2n) is 6.56. The molecule has 2 aromatic rings. The Morgan fingerprint density at radius 2 is 2.04 bits per heavy atom. The molecule has 0 unspecified atom stereocenters. The third-order valence-electron chi connectivity index (χ3n) is 4.41. The molecule has 4 nitrogen and oxygen atoms in total. The predicted molar refractivity (Wildman–Crippen MR) is 105 cm³/mol. The molecule has 0 radical (unpaired) electrons. The average Bonchev–Trinajstić information content (AvgIpc) is 2.91. The molecule has 1 aliphatic rings. The SMILES string of the molecule is CC1(C)[C@@H](C=C(Cl)Cl)[C@@H]1C(=O)Nc1nnc(SCc2ccc(F)cc2)s1. The zero-order valence-electron chi connectivity index (χ0n) is 14.0. The molecule has 1 aromatic carbocycles. The van der Waals surface area contributed by atoms with E-state index < -0.39 is 0 Å². The maximum absolute atomic E-state index is 12.9. The molecule has 1 N–H and O–H groups in total. The fourth-order valence-corrected chi connectivity index (χ4v) is 4.83. The van der Waals surface area contributed by atoms with Crippen LogP contribution >= 0.6 is 46.3 Å². The summed E-state index contributed by atoms with van der Waals surface area (Å²) in [5, 5.41) is 11.4. The summed E-state index contributed by atoms with van der Waals surface area (Å²) in [5.41, 5.74) is 0.800. The van der Waals surface area contributed by atoms with Crippen molar-refractivity contribution in [2.75, 3.05) is 5.32 Å². The molecule has 0 aliphatic heterocycles. The lowest BCUT2D eigenvalue weighted by Crippen LogP contribution is -2.16. The van der Waals surface area contributed by atoms with Gasteiger partial charge in [-0.15, -0.1) is 10.2 Å². The molecular weight excluding hydrogens is 416 g/mol. The van der Waals surface area contributed by atoms with Crippen LogP contribution in [0.2, 0.25) is 0 Å². The molecule has 3 rings (SSSR count). The predicted octanol–water partition coefficient (Wildman–Crippen LogP) is 5.50. The van der Waals surface area contributed by atoms with Crippen LogP contribution in [0.15, 0.2) is 39.2 Å². The van der Waals surface area contributed by atoms with E-state index in [2.05, 4.69) is 15.5 Å². The Hall–Kier alpha value is -1.15. The summed E-state index contributed by atoms with van der Waals surface area (Å²) >= 11 is 14.2. The Balaban J connectivity index is 1.56. The second kappa shape index (κ2) is 7.84. The number of thioether (sulfide) groups is 1. The average molecular weight is 432 g/mol. The Labute approximate surface area is 169 Å². The van der Waals surface area contributed by atoms with Crippen LogP contribution in [-0.4, -0.2) is 16.1 Å². The number of nitrogens with one attached hydrogen (secondary N) is 1. The van der Waals surface area contributed by atoms with Crippen LogP contribution in [0.1, 0.15) is 19.4 Å². The molecule has 0 bridgehead atoms. The summed E-state index contributed by atoms with van der Waals surface area (Å²) in [5.74, 6) is 0.0878. The highest BCUT2D eigenvalue weighted by atomic mass is 35.5. The van der Waals surface area contributed by atoms with E-state index in [0.717, 1.165) is 9.90 Å². The number of hydrogen-bond donors (Lipinski definition) is 1. The van der Waals surface area contributed by atoms with Crippen LogP contribution in [-0.2, 0) is 10.5 Å². The molecular formula is C17H16Cl2FN3OS2. The van der Waals surface area contributed by atoms with Crippen molar-refractivity contribution in [3.8, 4) is 0 Å². The molecule has 1 amide bonds. The van der Waals surface area contributed by atoms with E-state index in [-0.39, 0.29) is 33.5 Å². The van der Waals surface area contributed by atoms with Crippen molar-refractivity contribution in [1.82, 2.24) is 10.2 Å². The van der Waals surface area contributed by atoms with E-state index >= 15 is 0 Å². The van der Waals surface area contributed by atoms with Gasteiger partial charge < -0.3 is 5.32 Å². The Morgan fingerprint density at radius 3 is 2.69 bits per heavy atom. The first-order valence-corrected chi connectivity index (χ1v) is 10.4. The minimum Gasteiger partial charge on any atom is -0.300 e. The maximum Gasteiger partial charge on any atom is 0.230 e. The van der Waals surface area contributed by atoms with Gasteiger partial charge in [0.2, 0.25) is 11.0 Å². The number of hydrogen-bond acceptors (Lipinski definition) is 5. The third-order valence-corrected chi connectivity index (χ3v) is 6.71. The minimum absolute atomic E-state index is 0.00717. The van der Waals surface area contributed by atoms with Crippen molar-refractivity contribution < 1.29 is 9.18 Å². The summed E-state index contributed by atoms with van der Waals surface area (Å²) in [4.78, 5) is 12.5. The minimum atomic E-state index is -0.258. The second-order valence-corrected chi connectivity index (χ2v) is 9.77. The van der Waals surface area contributed by atoms with Gasteiger partial charge in [0.1, 0.15) is 10.3 Å². The molecule has 1 aromatic heterocycles. The van der Waals surface area contributed by atoms with Crippen LogP contribution in [0, 0.1) is 23.1 Å². The van der Waals surface area contributed by atoms with E-state index in [4.69, 9.17) is 23.2 Å². The van der Waals surface area contributed by atoms with Crippen molar-refractivity contribution in [3.05, 3.63) is 46.2 Å². The summed E-state index contributed by atoms with van der Waals surface area (Å²) in [7, 11) is 0. The van der Waals surface area contributed by atoms with E-state index in [1.807, 2.05) is 13.8 Å². The largest absolute Gasteiger partial charge is 0.300 e. The van der Waals surface area contributed by atoms with Gasteiger partial charge in [-0.1, -0.05) is 72.3 Å². The fourth-order valence-electron chi connectivity index (χ4n) is 2.85. The molecule has 0 saturated heterocycles. The van der Waals surface area contributed by atoms with Gasteiger partial charge in [0, 0.05) is 5.75 Å². The highest BCUT2D eigenvalue weighted by molar-refractivity contribution is 8.00. The fraction of sp³-hybridized carbons (Fsp3) is 0.353. The van der Waals surface area contributed by atoms with Gasteiger partial charge in [0.05, 0.1) is 5.92 Å². The van der Waals surface area contributed by atoms with E-state index in [0.29, 0.717) is 10.9 Å². The molecule has 0 spiro atoms. The number of rotatable bonds is 6. The lowest BCUT2D eigenvalue weighted by atomic mass is 10.1. The quantitative estimate of drug-likeness (QED) is 0.484. The number of carbonyl (C=O) groups excluding carboxylic acids is 1. The molecule has 1 fully saturated rings. The summed E-state index contributed by atoms with van der Waals surface area (Å²) in [6, 6.07) is 6.32. The zero-order chi connectivity index (χ0) is 18.9. The Morgan fingerprint density at radius 1 is 1.35 bits per heavy atom. The number of amides is 1. The molecule has 9 heteroatoms. The van der Waals surface area contributed by atoms with Gasteiger partial charge in [0.15, 0.2) is 4.34 Å². The van der Waals surface area contributed by atoms with Crippen molar-refractivity contribution >= 4 is 57.3 Å². The van der Waals surface area contributed by atoms with Crippen molar-refractivity contribution in [2.45, 2.75) is 23.9 Å². The Bertz CT molecular complexity index is 835. The van der Waals surface area contributed by atoms with Crippen LogP contribution in [0.25, 0.3) is 0 Å². The maximum atomic E-state index is 12.9. The molecule has 26 heavy (non-hydrogen) atoms. The van der Waals surface area contributed by atoms with E-state index in [1.165, 1.54) is 35.2 Å². The van der Waals surface area contributed by atoms with Crippen molar-refractivity contribution in [1.29, 1.82) is 0 Å². The van der Waals surface area contributed by atoms with Gasteiger partial charge in [-0.2, -0.15) is 0 Å². The van der Waals surface area contributed by atoms with Gasteiger partial charge in [-0.05, 0) is 35.1 Å². The number of halogens is 3. The number of carbonyl (C=O) groups is 1. The molecule has 1 heterocycles. The number of anilines is 1. The number of aromatic nitrogens is 2. The standard InChI is InChI=1S/C17H16Cl2FN3OS2/c1-17(2)11(7-12(18)19)13(17)14(24)21-15-22-23-16(26-15)25-8-9-3-5-10(20)6-4-9/h3-7,11,13H,8H2,1-2H3,(H,21,22,24)/t11-,13+/m0/s1. The first-order valence-electron chi connectivity index (χ1n) is 7.82. The highest BCUT2D eigenvalue weighted by Crippen LogP contribution is 2.60. The summed E-state index contributed by atoms with van der Waals surface area (Å²) in [6.07, 6.45) is 1.71. The van der Waals surface area contributed by atoms with Crippen LogP contribution in [0.5, 0.6) is 0 Å². The van der Waals surface area contributed by atoms with E-state index in [1.54, 1.807) is 18.2 Å². The molecule has 2 atom stereocenters. The topological polar surface area (TPSA) is 54.9 Å². The highest BCUT2D eigenvalue weighted by Gasteiger charge is 2.60. The normalized spacial score (nSPS) is 20.5. The molecule has 138 valence electrons. The summed E-state index contributed by atoms with van der Waals surface area (Å²) < 4.78 is 13.8. The van der Waals surface area contributed by atoms with Crippen LogP contribution in [0.3, 0.4) is 0 Å². The first kappa shape index (κ1) is 19.6. The van der Waals surface area contributed by atoms with Crippen LogP contribution in [0.4, 0.5) is 9.52 Å². The monoisotopic (exact) mass is 431 g/mol. The van der Waals surface area contributed by atoms with Gasteiger partial charge >= 0.3 is 0 Å². The first-order chi connectivity index (χ1) is 12.3. The molecule has 1 aliphatic carbocycles. The van der Waals surface area contributed by atoms with Gasteiger partial charge in [-0.3, -0.25) is 4.79 Å². The van der Waals surface area contributed by atoms with Crippen molar-refractivity contribution in [3.63, 3.8) is 0 Å². The third kappa shape index (κ3) is 4.57. The lowest BCUT2D eigenvalue weighted by molar-refractivity contribution is -0.118. The smallest absolute Gasteiger partial charge is 0.230 e. The van der Waals surface area contributed by atoms with Crippen molar-refractivity contribution in [2.24, 2.45) is 17.3 Å². The van der Waals surface area contributed by atoms with Gasteiger partial charge in [-0.25, -0.2) is 4.39 Å². The zero-order valence-corrected chi connectivity index (χ0v) is 17.1. The van der Waals surface area contributed by atoms with E-state index in [9.17, 15) is 9.18 Å². The summed E-state index contributed by atoms with van der Waals surface area (Å²) in [6.45, 7) is 4.00. The number of allylic oxidation sites excluding steroid dienone is 1. The number of nitrogens with zero attached hydrogens (tertiary/aromatic N) is 2. The lowest BCUT2D eigenvalue weighted by Gasteiger charge is -2.01. The Kier molecular flexibility index (Phi) is 5.91. The molecule has 1 saturated carbocycles. The number of benzene rings is 1. The van der Waals surface area contributed by atoms with Gasteiger partial charge in [0.25, 0.3) is 0 Å².